The molecule has 0 heterocycles. The molecule has 5 heteroatoms. The lowest BCUT2D eigenvalue weighted by Crippen LogP contribution is -2.25. The van der Waals surface area contributed by atoms with Crippen molar-refractivity contribution in [3.05, 3.63) is 28.2 Å². The average Bonchev–Trinajstić information content (AvgIpc) is 2.27. The summed E-state index contributed by atoms with van der Waals surface area (Å²) in [6.07, 6.45) is 1.81. The van der Waals surface area contributed by atoms with Gasteiger partial charge in [-0.25, -0.2) is 0 Å². The number of nitrogen functional groups attached to an aromatic ring is 1. The standard InChI is InChI=1S/C11H16BrN3O/c12-10-4-3-8(14)7-9(10)11(16)15-6-2-1-5-13/h3-4,7H,1-2,5-6,13-14H2,(H,15,16). The van der Waals surface area contributed by atoms with Crippen LogP contribution in [0, 0.1) is 0 Å². The van der Waals surface area contributed by atoms with Gasteiger partial charge in [0, 0.05) is 16.7 Å². The molecule has 1 amide bonds. The van der Waals surface area contributed by atoms with Crippen molar-refractivity contribution in [2.75, 3.05) is 18.8 Å². The van der Waals surface area contributed by atoms with Crippen molar-refractivity contribution in [1.29, 1.82) is 0 Å². The molecule has 1 aromatic carbocycles. The van der Waals surface area contributed by atoms with Crippen molar-refractivity contribution >= 4 is 27.5 Å². The number of carbonyl (C=O) groups is 1. The van der Waals surface area contributed by atoms with Crippen LogP contribution in [0.25, 0.3) is 0 Å². The highest BCUT2D eigenvalue weighted by atomic mass is 79.9. The Labute approximate surface area is 104 Å². The maximum absolute atomic E-state index is 11.8. The SMILES string of the molecule is NCCCCNC(=O)c1cc(N)ccc1Br. The fourth-order valence-electron chi connectivity index (χ4n) is 1.28. The summed E-state index contributed by atoms with van der Waals surface area (Å²) < 4.78 is 0.748. The monoisotopic (exact) mass is 285 g/mol. The minimum Gasteiger partial charge on any atom is -0.399 e. The van der Waals surface area contributed by atoms with Crippen LogP contribution in [0.2, 0.25) is 0 Å². The average molecular weight is 286 g/mol. The highest BCUT2D eigenvalue weighted by Crippen LogP contribution is 2.19. The van der Waals surface area contributed by atoms with Crippen LogP contribution in [-0.4, -0.2) is 19.0 Å². The smallest absolute Gasteiger partial charge is 0.252 e. The quantitative estimate of drug-likeness (QED) is 0.566. The summed E-state index contributed by atoms with van der Waals surface area (Å²) in [7, 11) is 0. The second-order valence-corrected chi connectivity index (χ2v) is 4.35. The Morgan fingerprint density at radius 1 is 1.38 bits per heavy atom. The van der Waals surface area contributed by atoms with E-state index in [-0.39, 0.29) is 5.91 Å². The lowest BCUT2D eigenvalue weighted by atomic mass is 10.2. The van der Waals surface area contributed by atoms with E-state index >= 15 is 0 Å². The molecule has 0 spiro atoms. The number of amides is 1. The number of nitrogens with two attached hydrogens (primary N) is 2. The third-order valence-electron chi connectivity index (χ3n) is 2.15. The van der Waals surface area contributed by atoms with Crippen molar-refractivity contribution in [1.82, 2.24) is 5.32 Å². The Bertz CT molecular complexity index is 368. The second-order valence-electron chi connectivity index (χ2n) is 3.49. The number of nitrogens with one attached hydrogen (secondary N) is 1. The van der Waals surface area contributed by atoms with E-state index in [9.17, 15) is 4.79 Å². The largest absolute Gasteiger partial charge is 0.399 e. The molecule has 0 saturated carbocycles. The van der Waals surface area contributed by atoms with E-state index in [0.29, 0.717) is 24.3 Å². The van der Waals surface area contributed by atoms with E-state index in [0.717, 1.165) is 17.3 Å². The van der Waals surface area contributed by atoms with Crippen LogP contribution >= 0.6 is 15.9 Å². The third kappa shape index (κ3) is 3.83. The Morgan fingerprint density at radius 3 is 2.81 bits per heavy atom. The Morgan fingerprint density at radius 2 is 2.12 bits per heavy atom. The van der Waals surface area contributed by atoms with Crippen LogP contribution in [0.15, 0.2) is 22.7 Å². The normalized spacial score (nSPS) is 10.1. The predicted octanol–water partition coefficient (Wildman–Crippen LogP) is 1.50. The molecule has 1 rings (SSSR count). The Balaban J connectivity index is 2.55. The molecule has 4 nitrogen and oxygen atoms in total. The number of halogens is 1. The minimum atomic E-state index is -0.115. The van der Waals surface area contributed by atoms with Gasteiger partial charge in [-0.3, -0.25) is 4.79 Å². The van der Waals surface area contributed by atoms with Crippen LogP contribution in [0.3, 0.4) is 0 Å². The molecule has 0 bridgehead atoms. The zero-order valence-corrected chi connectivity index (χ0v) is 10.6. The lowest BCUT2D eigenvalue weighted by Gasteiger charge is -2.07. The molecule has 0 fully saturated rings. The number of rotatable bonds is 5. The molecule has 16 heavy (non-hydrogen) atoms. The van der Waals surface area contributed by atoms with Crippen molar-refractivity contribution in [3.63, 3.8) is 0 Å². The van der Waals surface area contributed by atoms with Crippen molar-refractivity contribution in [3.8, 4) is 0 Å². The number of unbranched alkanes of at least 4 members (excludes halogenated alkanes) is 1. The van der Waals surface area contributed by atoms with Gasteiger partial charge < -0.3 is 16.8 Å². The minimum absolute atomic E-state index is 0.115. The number of hydrogen-bond acceptors (Lipinski definition) is 3. The Hall–Kier alpha value is -1.07. The predicted molar refractivity (Wildman–Crippen MR) is 69.2 cm³/mol. The molecular formula is C11H16BrN3O. The van der Waals surface area contributed by atoms with Gasteiger partial charge in [0.15, 0.2) is 0 Å². The van der Waals surface area contributed by atoms with E-state index in [1.54, 1.807) is 18.2 Å². The molecule has 5 N–H and O–H groups in total. The third-order valence-corrected chi connectivity index (χ3v) is 2.84. The molecule has 0 aromatic heterocycles. The van der Waals surface area contributed by atoms with E-state index in [1.807, 2.05) is 0 Å². The highest BCUT2D eigenvalue weighted by Gasteiger charge is 2.09. The molecule has 0 unspecified atom stereocenters. The van der Waals surface area contributed by atoms with Crippen molar-refractivity contribution < 1.29 is 4.79 Å². The van der Waals surface area contributed by atoms with E-state index < -0.39 is 0 Å². The molecule has 0 aliphatic heterocycles. The van der Waals surface area contributed by atoms with Crippen LogP contribution in [0.4, 0.5) is 5.69 Å². The van der Waals surface area contributed by atoms with Gasteiger partial charge in [0.1, 0.15) is 0 Å². The molecule has 0 aliphatic rings. The fraction of sp³-hybridized carbons (Fsp3) is 0.364. The van der Waals surface area contributed by atoms with Gasteiger partial charge in [-0.15, -0.1) is 0 Å². The summed E-state index contributed by atoms with van der Waals surface area (Å²) in [6.45, 7) is 1.29. The maximum Gasteiger partial charge on any atom is 0.252 e. The molecule has 0 radical (unpaired) electrons. The van der Waals surface area contributed by atoms with Gasteiger partial charge in [-0.2, -0.15) is 0 Å². The first kappa shape index (κ1) is 13.0. The number of hydrogen-bond donors (Lipinski definition) is 3. The van der Waals surface area contributed by atoms with E-state index in [1.165, 1.54) is 0 Å². The summed E-state index contributed by atoms with van der Waals surface area (Å²) in [5.41, 5.74) is 12.1. The zero-order valence-electron chi connectivity index (χ0n) is 9.00. The van der Waals surface area contributed by atoms with Gasteiger partial charge in [0.25, 0.3) is 5.91 Å². The van der Waals surface area contributed by atoms with Crippen LogP contribution in [-0.2, 0) is 0 Å². The first-order chi connectivity index (χ1) is 7.65. The molecular weight excluding hydrogens is 270 g/mol. The van der Waals surface area contributed by atoms with Crippen molar-refractivity contribution in [2.45, 2.75) is 12.8 Å². The summed E-state index contributed by atoms with van der Waals surface area (Å²) in [6, 6.07) is 5.17. The molecule has 1 aromatic rings. The van der Waals surface area contributed by atoms with Gasteiger partial charge >= 0.3 is 0 Å². The molecule has 88 valence electrons. The highest BCUT2D eigenvalue weighted by molar-refractivity contribution is 9.10. The zero-order chi connectivity index (χ0) is 12.0. The second kappa shape index (κ2) is 6.50. The van der Waals surface area contributed by atoms with Gasteiger partial charge in [-0.05, 0) is 53.5 Å². The topological polar surface area (TPSA) is 81.1 Å². The first-order valence-corrected chi connectivity index (χ1v) is 5.97. The molecule has 0 atom stereocenters. The van der Waals surface area contributed by atoms with Gasteiger partial charge in [0.05, 0.1) is 5.56 Å². The van der Waals surface area contributed by atoms with Gasteiger partial charge in [0.2, 0.25) is 0 Å². The summed E-state index contributed by atoms with van der Waals surface area (Å²) in [5, 5.41) is 2.82. The van der Waals surface area contributed by atoms with Gasteiger partial charge in [-0.1, -0.05) is 0 Å². The Kier molecular flexibility index (Phi) is 5.28. The van der Waals surface area contributed by atoms with Crippen LogP contribution in [0.1, 0.15) is 23.2 Å². The summed E-state index contributed by atoms with van der Waals surface area (Å²) >= 11 is 3.32. The van der Waals surface area contributed by atoms with E-state index in [4.69, 9.17) is 11.5 Å². The fourth-order valence-corrected chi connectivity index (χ4v) is 1.71. The van der Waals surface area contributed by atoms with E-state index in [2.05, 4.69) is 21.2 Å². The van der Waals surface area contributed by atoms with Crippen LogP contribution in [0.5, 0.6) is 0 Å². The molecule has 0 saturated heterocycles. The lowest BCUT2D eigenvalue weighted by molar-refractivity contribution is 0.0952. The van der Waals surface area contributed by atoms with Crippen LogP contribution < -0.4 is 16.8 Å². The summed E-state index contributed by atoms with van der Waals surface area (Å²) in [5.74, 6) is -0.115. The first-order valence-electron chi connectivity index (χ1n) is 5.18. The van der Waals surface area contributed by atoms with Crippen molar-refractivity contribution in [2.24, 2.45) is 5.73 Å². The number of anilines is 1. The number of benzene rings is 1. The maximum atomic E-state index is 11.8. The number of carbonyl (C=O) groups excluding carboxylic acids is 1. The summed E-state index contributed by atoms with van der Waals surface area (Å²) in [4.78, 5) is 11.8. The molecule has 0 aliphatic carbocycles.